The first-order valence-corrected chi connectivity index (χ1v) is 10.4. The minimum absolute atomic E-state index is 0.194. The van der Waals surface area contributed by atoms with Gasteiger partial charge >= 0.3 is 0 Å². The topological polar surface area (TPSA) is 72.4 Å². The molecule has 150 valence electrons. The summed E-state index contributed by atoms with van der Waals surface area (Å²) < 4.78 is 7.32. The molecule has 0 radical (unpaired) electrons. The normalized spacial score (nSPS) is 11.6. The van der Waals surface area contributed by atoms with E-state index in [0.717, 1.165) is 22.0 Å². The van der Waals surface area contributed by atoms with E-state index in [1.807, 2.05) is 48.5 Å². The number of hydrogen-bond donors (Lipinski definition) is 1. The van der Waals surface area contributed by atoms with E-state index in [9.17, 15) is 4.79 Å². The highest BCUT2D eigenvalue weighted by Gasteiger charge is 2.13. The van der Waals surface area contributed by atoms with E-state index in [0.29, 0.717) is 6.54 Å². The molecule has 1 N–H and O–H groups in total. The van der Waals surface area contributed by atoms with Crippen molar-refractivity contribution < 1.29 is 9.21 Å². The molecule has 0 saturated heterocycles. The van der Waals surface area contributed by atoms with Crippen molar-refractivity contribution in [1.82, 2.24) is 15.0 Å². The number of furan rings is 1. The zero-order valence-corrected chi connectivity index (χ0v) is 17.0. The second-order valence-electron chi connectivity index (χ2n) is 6.43. The van der Waals surface area contributed by atoms with Crippen LogP contribution in [-0.4, -0.2) is 27.4 Å². The lowest BCUT2D eigenvalue weighted by molar-refractivity contribution is -0.118. The Morgan fingerprint density at radius 3 is 2.77 bits per heavy atom. The molecule has 0 fully saturated rings. The fraction of sp³-hybridized carbons (Fsp3) is 0.0870. The summed E-state index contributed by atoms with van der Waals surface area (Å²) in [6, 6.07) is 21.8. The molecule has 2 aromatic carbocycles. The number of fused-ring (bicyclic) bond motifs is 1. The molecule has 30 heavy (non-hydrogen) atoms. The molecule has 0 aliphatic heterocycles. The van der Waals surface area contributed by atoms with Crippen molar-refractivity contribution in [3.63, 3.8) is 0 Å². The number of carbonyl (C=O) groups is 1. The van der Waals surface area contributed by atoms with Gasteiger partial charge in [-0.25, -0.2) is 10.4 Å². The van der Waals surface area contributed by atoms with Gasteiger partial charge in [0.05, 0.1) is 29.6 Å². The Hall–Kier alpha value is -3.58. The lowest BCUT2D eigenvalue weighted by atomic mass is 10.2. The van der Waals surface area contributed by atoms with Crippen molar-refractivity contribution >= 4 is 41.0 Å². The first-order valence-electron chi connectivity index (χ1n) is 9.44. The number of hydrazone groups is 1. The zero-order chi connectivity index (χ0) is 20.6. The van der Waals surface area contributed by atoms with E-state index in [1.165, 1.54) is 23.5 Å². The molecule has 0 unspecified atom stereocenters. The van der Waals surface area contributed by atoms with E-state index >= 15 is 0 Å². The molecule has 0 aliphatic carbocycles. The van der Waals surface area contributed by atoms with E-state index in [2.05, 4.69) is 27.2 Å². The van der Waals surface area contributed by atoms with Crippen molar-refractivity contribution in [2.75, 3.05) is 5.75 Å². The lowest BCUT2D eigenvalue weighted by Crippen LogP contribution is -2.19. The molecule has 0 spiro atoms. The summed E-state index contributed by atoms with van der Waals surface area (Å²) in [6.45, 7) is 0.695. The van der Waals surface area contributed by atoms with E-state index < -0.39 is 0 Å². The van der Waals surface area contributed by atoms with Crippen LogP contribution in [0.4, 0.5) is 0 Å². The molecule has 0 saturated carbocycles. The summed E-state index contributed by atoms with van der Waals surface area (Å²) in [5.41, 5.74) is 5.67. The number of imidazole rings is 1. The van der Waals surface area contributed by atoms with Gasteiger partial charge < -0.3 is 8.98 Å². The Balaban J connectivity index is 1.39. The standard InChI is InChI=1S/C23H20N4O2S/c28-22(26-24-14-6-10-19-11-7-15-29-19)17-30-23-25-20-12-4-5-13-21(20)27(23)16-18-8-2-1-3-9-18/h1-15H,16-17H2,(H,26,28)/b10-6-,24-14-. The number of benzene rings is 2. The molecule has 2 aromatic heterocycles. The molecule has 1 amide bonds. The number of para-hydroxylation sites is 2. The van der Waals surface area contributed by atoms with Gasteiger partial charge in [0.1, 0.15) is 5.76 Å². The Morgan fingerprint density at radius 2 is 1.93 bits per heavy atom. The van der Waals surface area contributed by atoms with Crippen LogP contribution in [0.15, 0.2) is 93.7 Å². The largest absolute Gasteiger partial charge is 0.465 e. The quantitative estimate of drug-likeness (QED) is 0.259. The van der Waals surface area contributed by atoms with Crippen LogP contribution in [0.1, 0.15) is 11.3 Å². The third kappa shape index (κ3) is 5.07. The molecule has 0 atom stereocenters. The van der Waals surface area contributed by atoms with Crippen LogP contribution < -0.4 is 5.43 Å². The predicted octanol–water partition coefficient (Wildman–Crippen LogP) is 4.59. The van der Waals surface area contributed by atoms with Crippen LogP contribution in [0.3, 0.4) is 0 Å². The fourth-order valence-corrected chi connectivity index (χ4v) is 3.73. The van der Waals surface area contributed by atoms with Gasteiger partial charge in [-0.1, -0.05) is 54.2 Å². The molecular weight excluding hydrogens is 396 g/mol. The number of allylic oxidation sites excluding steroid dienone is 1. The van der Waals surface area contributed by atoms with Gasteiger partial charge in [0.15, 0.2) is 5.16 Å². The smallest absolute Gasteiger partial charge is 0.250 e. The Kier molecular flexibility index (Phi) is 6.41. The van der Waals surface area contributed by atoms with E-state index in [-0.39, 0.29) is 11.7 Å². The summed E-state index contributed by atoms with van der Waals surface area (Å²) in [7, 11) is 0. The van der Waals surface area contributed by atoms with Crippen molar-refractivity contribution in [1.29, 1.82) is 0 Å². The van der Waals surface area contributed by atoms with Gasteiger partial charge in [-0.2, -0.15) is 5.10 Å². The average Bonchev–Trinajstić information content (AvgIpc) is 3.41. The fourth-order valence-electron chi connectivity index (χ4n) is 2.92. The van der Waals surface area contributed by atoms with E-state index in [1.54, 1.807) is 24.5 Å². The van der Waals surface area contributed by atoms with Crippen molar-refractivity contribution in [3.8, 4) is 0 Å². The number of nitrogens with zero attached hydrogens (tertiary/aromatic N) is 3. The highest BCUT2D eigenvalue weighted by Crippen LogP contribution is 2.25. The number of amides is 1. The third-order valence-corrected chi connectivity index (χ3v) is 5.27. The summed E-state index contributed by atoms with van der Waals surface area (Å²) >= 11 is 1.39. The molecule has 2 heterocycles. The average molecular weight is 417 g/mol. The SMILES string of the molecule is O=C(CSc1nc2ccccc2n1Cc1ccccc1)N/N=C\C=C/c1ccco1. The highest BCUT2D eigenvalue weighted by atomic mass is 32.2. The Labute approximate surface area is 178 Å². The number of thioether (sulfide) groups is 1. The molecule has 0 bridgehead atoms. The summed E-state index contributed by atoms with van der Waals surface area (Å²) in [5, 5.41) is 4.73. The van der Waals surface area contributed by atoms with Crippen molar-refractivity contribution in [3.05, 3.63) is 90.4 Å². The molecule has 4 aromatic rings. The second-order valence-corrected chi connectivity index (χ2v) is 7.37. The monoisotopic (exact) mass is 416 g/mol. The number of rotatable bonds is 8. The lowest BCUT2D eigenvalue weighted by Gasteiger charge is -2.09. The minimum Gasteiger partial charge on any atom is -0.465 e. The van der Waals surface area contributed by atoms with Crippen LogP contribution in [0, 0.1) is 0 Å². The first-order chi connectivity index (χ1) is 14.8. The minimum atomic E-state index is -0.194. The molecule has 4 rings (SSSR count). The van der Waals surface area contributed by atoms with Crippen LogP contribution in [0.5, 0.6) is 0 Å². The summed E-state index contributed by atoms with van der Waals surface area (Å²) in [4.78, 5) is 16.9. The third-order valence-electron chi connectivity index (χ3n) is 4.29. The zero-order valence-electron chi connectivity index (χ0n) is 16.1. The van der Waals surface area contributed by atoms with Crippen LogP contribution in [0.2, 0.25) is 0 Å². The number of carbonyl (C=O) groups excluding carboxylic acids is 1. The van der Waals surface area contributed by atoms with Crippen LogP contribution in [0.25, 0.3) is 17.1 Å². The van der Waals surface area contributed by atoms with Gasteiger partial charge in [0, 0.05) is 6.21 Å². The van der Waals surface area contributed by atoms with Gasteiger partial charge in [-0.15, -0.1) is 0 Å². The van der Waals surface area contributed by atoms with Crippen LogP contribution in [-0.2, 0) is 11.3 Å². The maximum Gasteiger partial charge on any atom is 0.250 e. The molecule has 6 nitrogen and oxygen atoms in total. The summed E-state index contributed by atoms with van der Waals surface area (Å²) in [6.07, 6.45) is 6.57. The van der Waals surface area contributed by atoms with Gasteiger partial charge in [-0.3, -0.25) is 4.79 Å². The summed E-state index contributed by atoms with van der Waals surface area (Å²) in [5.74, 6) is 0.749. The number of hydrogen-bond acceptors (Lipinski definition) is 5. The van der Waals surface area contributed by atoms with Crippen LogP contribution >= 0.6 is 11.8 Å². The molecular formula is C23H20N4O2S. The number of aromatic nitrogens is 2. The van der Waals surface area contributed by atoms with E-state index in [4.69, 9.17) is 9.40 Å². The Morgan fingerprint density at radius 1 is 1.10 bits per heavy atom. The second kappa shape index (κ2) is 9.76. The Bertz CT molecular complexity index is 1160. The van der Waals surface area contributed by atoms with Gasteiger partial charge in [0.25, 0.3) is 5.91 Å². The van der Waals surface area contributed by atoms with Crippen molar-refractivity contribution in [2.45, 2.75) is 11.7 Å². The molecule has 0 aliphatic rings. The maximum absolute atomic E-state index is 12.2. The van der Waals surface area contributed by atoms with Gasteiger partial charge in [0.2, 0.25) is 0 Å². The number of nitrogens with one attached hydrogen (secondary N) is 1. The maximum atomic E-state index is 12.2. The van der Waals surface area contributed by atoms with Gasteiger partial charge in [-0.05, 0) is 42.0 Å². The first kappa shape index (κ1) is 19.7. The predicted molar refractivity (Wildman–Crippen MR) is 120 cm³/mol. The van der Waals surface area contributed by atoms with Crippen molar-refractivity contribution in [2.24, 2.45) is 5.10 Å². The molecule has 7 heteroatoms. The highest BCUT2D eigenvalue weighted by molar-refractivity contribution is 7.99.